The van der Waals surface area contributed by atoms with E-state index in [1.165, 1.54) is 58.5 Å². The third-order valence-corrected chi connectivity index (χ3v) is 13.7. The lowest BCUT2D eigenvalue weighted by Gasteiger charge is -2.27. The molecule has 0 bridgehead atoms. The van der Waals surface area contributed by atoms with Crippen molar-refractivity contribution in [3.63, 3.8) is 0 Å². The molecule has 0 aliphatic rings. The molecule has 3 heterocycles. The Morgan fingerprint density at radius 3 is 1.82 bits per heavy atom. The van der Waals surface area contributed by atoms with Crippen LogP contribution in [0.4, 0.5) is 17.1 Å². The molecule has 62 heavy (non-hydrogen) atoms. The molecule has 0 aliphatic carbocycles. The third kappa shape index (κ3) is 5.37. The van der Waals surface area contributed by atoms with Crippen LogP contribution in [0.3, 0.4) is 0 Å². The monoisotopic (exact) mass is 808 g/mol. The molecule has 0 saturated carbocycles. The van der Waals surface area contributed by atoms with E-state index in [2.05, 4.69) is 228 Å². The predicted octanol–water partition coefficient (Wildman–Crippen LogP) is 17.0. The summed E-state index contributed by atoms with van der Waals surface area (Å²) >= 11 is 1.86. The largest absolute Gasteiger partial charge is 0.455 e. The van der Waals surface area contributed by atoms with Crippen LogP contribution in [0, 0.1) is 0 Å². The summed E-state index contributed by atoms with van der Waals surface area (Å²) in [5, 5.41) is 9.67. The van der Waals surface area contributed by atoms with Gasteiger partial charge in [0.25, 0.3) is 0 Å². The lowest BCUT2D eigenvalue weighted by Crippen LogP contribution is -2.10. The summed E-state index contributed by atoms with van der Waals surface area (Å²) < 4.78 is 11.6. The van der Waals surface area contributed by atoms with Crippen molar-refractivity contribution in [2.24, 2.45) is 0 Å². The minimum atomic E-state index is 0.888. The van der Waals surface area contributed by atoms with Crippen molar-refractivity contribution in [2.75, 3.05) is 4.90 Å². The van der Waals surface area contributed by atoms with Crippen molar-refractivity contribution in [2.45, 2.75) is 0 Å². The minimum absolute atomic E-state index is 0.888. The van der Waals surface area contributed by atoms with Crippen LogP contribution in [-0.4, -0.2) is 4.57 Å². The van der Waals surface area contributed by atoms with Crippen LogP contribution in [0.1, 0.15) is 0 Å². The van der Waals surface area contributed by atoms with Gasteiger partial charge in [0.1, 0.15) is 11.2 Å². The smallest absolute Gasteiger partial charge is 0.143 e. The van der Waals surface area contributed by atoms with Crippen LogP contribution in [-0.2, 0) is 0 Å². The number of thiophene rings is 1. The van der Waals surface area contributed by atoms with Crippen molar-refractivity contribution in [3.8, 4) is 27.9 Å². The van der Waals surface area contributed by atoms with Crippen LogP contribution in [0.15, 0.2) is 223 Å². The molecule has 10 aromatic carbocycles. The molecule has 0 unspecified atom stereocenters. The number of hydrogen-bond acceptors (Lipinski definition) is 3. The van der Waals surface area contributed by atoms with Crippen LogP contribution in [0.25, 0.3) is 103 Å². The van der Waals surface area contributed by atoms with E-state index in [-0.39, 0.29) is 0 Å². The number of rotatable bonds is 6. The van der Waals surface area contributed by atoms with Crippen molar-refractivity contribution < 1.29 is 4.42 Å². The Labute approximate surface area is 361 Å². The van der Waals surface area contributed by atoms with Crippen LogP contribution in [0.2, 0.25) is 0 Å². The second kappa shape index (κ2) is 13.8. The molecule has 0 N–H and O–H groups in total. The highest BCUT2D eigenvalue weighted by atomic mass is 32.1. The van der Waals surface area contributed by atoms with Crippen molar-refractivity contribution >= 4 is 103 Å². The Kier molecular flexibility index (Phi) is 7.78. The first-order valence-corrected chi connectivity index (χ1v) is 21.9. The number of furan rings is 1. The molecule has 0 aliphatic heterocycles. The van der Waals surface area contributed by atoms with Gasteiger partial charge in [0.15, 0.2) is 0 Å². The number of anilines is 3. The maximum Gasteiger partial charge on any atom is 0.143 e. The summed E-state index contributed by atoms with van der Waals surface area (Å²) in [5.74, 6) is 0. The van der Waals surface area contributed by atoms with E-state index in [0.29, 0.717) is 0 Å². The summed E-state index contributed by atoms with van der Waals surface area (Å²) in [6, 6.07) is 79.2. The summed E-state index contributed by atoms with van der Waals surface area (Å²) in [7, 11) is 0. The number of aromatic nitrogens is 1. The first-order chi connectivity index (χ1) is 30.7. The van der Waals surface area contributed by atoms with Crippen LogP contribution < -0.4 is 4.90 Å². The van der Waals surface area contributed by atoms with Gasteiger partial charge in [-0.25, -0.2) is 0 Å². The number of nitrogens with zero attached hydrogens (tertiary/aromatic N) is 2. The van der Waals surface area contributed by atoms with E-state index in [1.807, 2.05) is 11.3 Å². The molecule has 0 atom stereocenters. The summed E-state index contributed by atoms with van der Waals surface area (Å²) in [4.78, 5) is 2.40. The van der Waals surface area contributed by atoms with Gasteiger partial charge in [-0.15, -0.1) is 11.3 Å². The average Bonchev–Trinajstić information content (AvgIpc) is 4.02. The lowest BCUT2D eigenvalue weighted by molar-refractivity contribution is 0.673. The first-order valence-electron chi connectivity index (χ1n) is 21.1. The molecule has 0 amide bonds. The van der Waals surface area contributed by atoms with Crippen molar-refractivity contribution in [3.05, 3.63) is 218 Å². The zero-order chi connectivity index (χ0) is 40.7. The van der Waals surface area contributed by atoms with Gasteiger partial charge in [-0.05, 0) is 107 Å². The van der Waals surface area contributed by atoms with E-state index < -0.39 is 0 Å². The minimum Gasteiger partial charge on any atom is -0.455 e. The third-order valence-electron chi connectivity index (χ3n) is 12.6. The maximum absolute atomic E-state index is 6.63. The number of hydrogen-bond donors (Lipinski definition) is 0. The van der Waals surface area contributed by atoms with Gasteiger partial charge in [-0.1, -0.05) is 140 Å². The number of fused-ring (bicyclic) bond motifs is 11. The maximum atomic E-state index is 6.63. The van der Waals surface area contributed by atoms with E-state index in [1.54, 1.807) is 0 Å². The van der Waals surface area contributed by atoms with Crippen LogP contribution in [0.5, 0.6) is 0 Å². The Balaban J connectivity index is 0.995. The second-order valence-corrected chi connectivity index (χ2v) is 17.1. The van der Waals surface area contributed by atoms with Gasteiger partial charge in [0.2, 0.25) is 0 Å². The highest BCUT2D eigenvalue weighted by Gasteiger charge is 2.20. The van der Waals surface area contributed by atoms with E-state index in [4.69, 9.17) is 4.42 Å². The van der Waals surface area contributed by atoms with E-state index >= 15 is 0 Å². The molecule has 0 fully saturated rings. The summed E-state index contributed by atoms with van der Waals surface area (Å²) in [6.45, 7) is 0. The van der Waals surface area contributed by atoms with Gasteiger partial charge in [0, 0.05) is 69.9 Å². The molecule has 0 spiro atoms. The fraction of sp³-hybridized carbons (Fsp3) is 0. The van der Waals surface area contributed by atoms with E-state index in [9.17, 15) is 0 Å². The zero-order valence-electron chi connectivity index (χ0n) is 33.5. The molecule has 4 heteroatoms. The Bertz CT molecular complexity index is 3830. The molecular formula is C58H36N2OS. The zero-order valence-corrected chi connectivity index (χ0v) is 34.3. The number of benzene rings is 10. The molecule has 3 nitrogen and oxygen atoms in total. The van der Waals surface area contributed by atoms with Gasteiger partial charge in [-0.2, -0.15) is 0 Å². The molecule has 13 rings (SSSR count). The van der Waals surface area contributed by atoms with Gasteiger partial charge >= 0.3 is 0 Å². The average molecular weight is 809 g/mol. The van der Waals surface area contributed by atoms with Crippen LogP contribution >= 0.6 is 11.3 Å². The fourth-order valence-electron chi connectivity index (χ4n) is 9.83. The van der Waals surface area contributed by atoms with E-state index in [0.717, 1.165) is 61.2 Å². The summed E-state index contributed by atoms with van der Waals surface area (Å²) in [6.07, 6.45) is 0. The first kappa shape index (κ1) is 34.9. The number of para-hydroxylation sites is 2. The topological polar surface area (TPSA) is 21.3 Å². The normalized spacial score (nSPS) is 11.9. The highest BCUT2D eigenvalue weighted by molar-refractivity contribution is 7.25. The van der Waals surface area contributed by atoms with Gasteiger partial charge in [-0.3, -0.25) is 0 Å². The second-order valence-electron chi connectivity index (χ2n) is 16.0. The quantitative estimate of drug-likeness (QED) is 0.167. The standard InChI is InChI=1S/C58H36N2OS/c1-2-18-46-37(13-1)31-34-50-56-45(22-11-26-53(56)61-58(46)50)39-14-9-15-41(35-39)59(40-32-29-38(30-33-40)44-23-12-28-55-57(44)49-21-5-8-27-54(49)62-55)42-16-10-17-43(36-42)60-51-24-6-3-19-47(51)48-20-4-7-25-52(48)60/h1-36H. The molecule has 3 aromatic heterocycles. The lowest BCUT2D eigenvalue weighted by atomic mass is 9.97. The molecular weight excluding hydrogens is 773 g/mol. The molecule has 13 aromatic rings. The van der Waals surface area contributed by atoms with Crippen molar-refractivity contribution in [1.82, 2.24) is 4.57 Å². The predicted molar refractivity (Wildman–Crippen MR) is 264 cm³/mol. The van der Waals surface area contributed by atoms with Gasteiger partial charge in [0.05, 0.1) is 11.0 Å². The molecule has 0 saturated heterocycles. The summed E-state index contributed by atoms with van der Waals surface area (Å²) in [5.41, 5.74) is 13.2. The van der Waals surface area contributed by atoms with Crippen molar-refractivity contribution in [1.29, 1.82) is 0 Å². The SMILES string of the molecule is c1cc(-c2cccc3oc4c5ccccc5ccc4c23)cc(N(c2ccc(-c3cccc4sc5ccccc5c34)cc2)c2cccc(-n3c4ccccc4c4ccccc43)c2)c1. The molecule has 290 valence electrons. The Hall–Kier alpha value is -7.92. The van der Waals surface area contributed by atoms with Gasteiger partial charge < -0.3 is 13.9 Å². The Morgan fingerprint density at radius 2 is 1.02 bits per heavy atom. The highest BCUT2D eigenvalue weighted by Crippen LogP contribution is 2.45. The fourth-order valence-corrected chi connectivity index (χ4v) is 11.0. The molecule has 0 radical (unpaired) electrons. The Morgan fingerprint density at radius 1 is 0.387 bits per heavy atom.